The fourth-order valence-electron chi connectivity index (χ4n) is 2.19. The zero-order valence-electron chi connectivity index (χ0n) is 8.68. The van der Waals surface area contributed by atoms with Gasteiger partial charge in [-0.3, -0.25) is 0 Å². The minimum absolute atomic E-state index is 0.278. The molecule has 1 rings (SSSR count). The summed E-state index contributed by atoms with van der Waals surface area (Å²) in [7, 11) is 0. The lowest BCUT2D eigenvalue weighted by Crippen LogP contribution is -2.32. The highest BCUT2D eigenvalue weighted by Crippen LogP contribution is 2.38. The van der Waals surface area contributed by atoms with Gasteiger partial charge in [0.05, 0.1) is 0 Å². The van der Waals surface area contributed by atoms with Gasteiger partial charge in [-0.1, -0.05) is 27.7 Å². The molecule has 0 aromatic heterocycles. The topological polar surface area (TPSA) is 0 Å². The van der Waals surface area contributed by atoms with Crippen LogP contribution in [0.2, 0.25) is 0 Å². The third-order valence-corrected chi connectivity index (χ3v) is 3.61. The lowest BCUT2D eigenvalue weighted by atomic mass is 9.71. The van der Waals surface area contributed by atoms with Gasteiger partial charge in [0.15, 0.2) is 0 Å². The molecule has 72 valence electrons. The molecule has 4 unspecified atom stereocenters. The minimum Gasteiger partial charge on any atom is -0.247 e. The molecule has 1 heteroatoms. The molecule has 1 aliphatic rings. The van der Waals surface area contributed by atoms with Crippen LogP contribution in [0.15, 0.2) is 0 Å². The maximum absolute atomic E-state index is 13.4. The van der Waals surface area contributed by atoms with E-state index in [0.29, 0.717) is 17.8 Å². The van der Waals surface area contributed by atoms with Gasteiger partial charge in [-0.2, -0.15) is 0 Å². The van der Waals surface area contributed by atoms with Crippen molar-refractivity contribution in [1.29, 1.82) is 0 Å². The Hall–Kier alpha value is -0.0700. The number of hydrogen-bond donors (Lipinski definition) is 0. The quantitative estimate of drug-likeness (QED) is 0.566. The van der Waals surface area contributed by atoms with Crippen LogP contribution in [0, 0.1) is 23.7 Å². The third kappa shape index (κ3) is 1.99. The smallest absolute Gasteiger partial charge is 0.103 e. The first kappa shape index (κ1) is 10.0. The van der Waals surface area contributed by atoms with Gasteiger partial charge < -0.3 is 0 Å². The van der Waals surface area contributed by atoms with E-state index in [1.54, 1.807) is 0 Å². The monoisotopic (exact) mass is 172 g/mol. The van der Waals surface area contributed by atoms with Crippen molar-refractivity contribution in [3.8, 4) is 0 Å². The number of alkyl halides is 1. The summed E-state index contributed by atoms with van der Waals surface area (Å²) in [5.41, 5.74) is 0. The second-order valence-corrected chi connectivity index (χ2v) is 4.83. The molecule has 12 heavy (non-hydrogen) atoms. The first-order valence-electron chi connectivity index (χ1n) is 5.16. The third-order valence-electron chi connectivity index (χ3n) is 3.61. The van der Waals surface area contributed by atoms with Gasteiger partial charge in [-0.05, 0) is 36.5 Å². The second kappa shape index (κ2) is 3.76. The van der Waals surface area contributed by atoms with Crippen LogP contribution in [0.4, 0.5) is 4.39 Å². The van der Waals surface area contributed by atoms with E-state index in [9.17, 15) is 4.39 Å². The van der Waals surface area contributed by atoms with Gasteiger partial charge in [0.2, 0.25) is 0 Å². The van der Waals surface area contributed by atoms with E-state index in [1.165, 1.54) is 6.42 Å². The minimum atomic E-state index is -0.554. The van der Waals surface area contributed by atoms with E-state index in [0.717, 1.165) is 6.42 Å². The molecular formula is C11H21F. The molecule has 0 heterocycles. The Labute approximate surface area is 75.5 Å². The highest BCUT2D eigenvalue weighted by Gasteiger charge is 2.33. The van der Waals surface area contributed by atoms with E-state index >= 15 is 0 Å². The molecule has 0 bridgehead atoms. The van der Waals surface area contributed by atoms with Crippen molar-refractivity contribution in [1.82, 2.24) is 0 Å². The predicted octanol–water partition coefficient (Wildman–Crippen LogP) is 3.66. The summed E-state index contributed by atoms with van der Waals surface area (Å²) in [6.07, 6.45) is 1.46. The molecule has 1 fully saturated rings. The van der Waals surface area contributed by atoms with Crippen molar-refractivity contribution in [2.24, 2.45) is 23.7 Å². The summed E-state index contributed by atoms with van der Waals surface area (Å²) in [5.74, 6) is 2.12. The zero-order valence-corrected chi connectivity index (χ0v) is 8.68. The fraction of sp³-hybridized carbons (Fsp3) is 1.00. The molecule has 0 aromatic carbocycles. The first-order valence-corrected chi connectivity index (χ1v) is 5.16. The Kier molecular flexibility index (Phi) is 3.14. The van der Waals surface area contributed by atoms with Crippen molar-refractivity contribution in [3.05, 3.63) is 0 Å². The van der Waals surface area contributed by atoms with E-state index in [-0.39, 0.29) is 5.92 Å². The molecule has 0 nitrogen and oxygen atoms in total. The molecule has 1 saturated carbocycles. The highest BCUT2D eigenvalue weighted by molar-refractivity contribution is 4.83. The number of halogens is 1. The van der Waals surface area contributed by atoms with Gasteiger partial charge in [0.25, 0.3) is 0 Å². The average molecular weight is 172 g/mol. The van der Waals surface area contributed by atoms with Gasteiger partial charge in [0, 0.05) is 0 Å². The van der Waals surface area contributed by atoms with Crippen LogP contribution in [0.25, 0.3) is 0 Å². The number of hydrogen-bond acceptors (Lipinski definition) is 0. The van der Waals surface area contributed by atoms with E-state index in [1.807, 2.05) is 6.92 Å². The molecule has 0 spiro atoms. The Morgan fingerprint density at radius 1 is 1.17 bits per heavy atom. The lowest BCUT2D eigenvalue weighted by Gasteiger charge is -2.36. The Morgan fingerprint density at radius 3 is 2.17 bits per heavy atom. The maximum Gasteiger partial charge on any atom is 0.103 e. The molecule has 0 aliphatic heterocycles. The van der Waals surface area contributed by atoms with E-state index < -0.39 is 6.17 Å². The molecule has 1 aliphatic carbocycles. The lowest BCUT2D eigenvalue weighted by molar-refractivity contribution is 0.0710. The summed E-state index contributed by atoms with van der Waals surface area (Å²) < 4.78 is 13.4. The van der Waals surface area contributed by atoms with Crippen LogP contribution in [-0.4, -0.2) is 6.17 Å². The number of rotatable bonds is 1. The average Bonchev–Trinajstić information content (AvgIpc) is 1.99. The summed E-state index contributed by atoms with van der Waals surface area (Å²) >= 11 is 0. The van der Waals surface area contributed by atoms with Crippen molar-refractivity contribution in [3.63, 3.8) is 0 Å². The van der Waals surface area contributed by atoms with Crippen molar-refractivity contribution in [2.45, 2.75) is 46.7 Å². The molecule has 0 radical (unpaired) electrons. The Balaban J connectivity index is 2.53. The second-order valence-electron chi connectivity index (χ2n) is 4.83. The fourth-order valence-corrected chi connectivity index (χ4v) is 2.19. The van der Waals surface area contributed by atoms with Crippen LogP contribution in [0.1, 0.15) is 40.5 Å². The zero-order chi connectivity index (χ0) is 9.30. The molecular weight excluding hydrogens is 151 g/mol. The first-order chi connectivity index (χ1) is 5.52. The largest absolute Gasteiger partial charge is 0.247 e. The Bertz CT molecular complexity index is 130. The van der Waals surface area contributed by atoms with Crippen LogP contribution in [0.3, 0.4) is 0 Å². The van der Waals surface area contributed by atoms with Gasteiger partial charge >= 0.3 is 0 Å². The predicted molar refractivity (Wildman–Crippen MR) is 50.8 cm³/mol. The normalized spacial score (nSPS) is 43.5. The summed E-state index contributed by atoms with van der Waals surface area (Å²) in [6.45, 7) is 8.65. The van der Waals surface area contributed by atoms with Crippen molar-refractivity contribution in [2.75, 3.05) is 0 Å². The van der Waals surface area contributed by atoms with Gasteiger partial charge in [-0.25, -0.2) is 4.39 Å². The summed E-state index contributed by atoms with van der Waals surface area (Å²) in [6, 6.07) is 0. The summed E-state index contributed by atoms with van der Waals surface area (Å²) in [4.78, 5) is 0. The molecule has 0 aromatic rings. The maximum atomic E-state index is 13.4. The van der Waals surface area contributed by atoms with Crippen LogP contribution in [0.5, 0.6) is 0 Å². The van der Waals surface area contributed by atoms with E-state index in [2.05, 4.69) is 20.8 Å². The SMILES string of the molecule is CC(C)C1CC(C)C(C)C(F)C1. The van der Waals surface area contributed by atoms with Crippen LogP contribution >= 0.6 is 0 Å². The van der Waals surface area contributed by atoms with E-state index in [4.69, 9.17) is 0 Å². The van der Waals surface area contributed by atoms with Crippen LogP contribution < -0.4 is 0 Å². The standard InChI is InChI=1S/C11H21F/c1-7(2)10-5-8(3)9(4)11(12)6-10/h7-11H,5-6H2,1-4H3. The van der Waals surface area contributed by atoms with Crippen molar-refractivity contribution >= 4 is 0 Å². The van der Waals surface area contributed by atoms with Crippen molar-refractivity contribution < 1.29 is 4.39 Å². The molecule has 0 N–H and O–H groups in total. The van der Waals surface area contributed by atoms with Gasteiger partial charge in [0.1, 0.15) is 6.17 Å². The summed E-state index contributed by atoms with van der Waals surface area (Å²) in [5, 5.41) is 0. The van der Waals surface area contributed by atoms with Gasteiger partial charge in [-0.15, -0.1) is 0 Å². The Morgan fingerprint density at radius 2 is 1.75 bits per heavy atom. The molecule has 0 amide bonds. The molecule has 0 saturated heterocycles. The molecule has 4 atom stereocenters. The van der Waals surface area contributed by atoms with Crippen LogP contribution in [-0.2, 0) is 0 Å². The highest BCUT2D eigenvalue weighted by atomic mass is 19.1.